The van der Waals surface area contributed by atoms with Crippen molar-refractivity contribution in [3.63, 3.8) is 0 Å². The molecule has 0 aromatic rings. The molecule has 0 radical (unpaired) electrons. The fourth-order valence-corrected chi connectivity index (χ4v) is 0.247. The van der Waals surface area contributed by atoms with Crippen LogP contribution in [0.15, 0.2) is 0 Å². The summed E-state index contributed by atoms with van der Waals surface area (Å²) in [5, 5.41) is 9.80. The van der Waals surface area contributed by atoms with Crippen molar-refractivity contribution in [2.45, 2.75) is 6.92 Å². The van der Waals surface area contributed by atoms with Gasteiger partial charge < -0.3 is 9.90 Å². The molecule has 0 spiro atoms. The minimum absolute atomic E-state index is 0.949. The summed E-state index contributed by atoms with van der Waals surface area (Å²) in [6.45, 7) is -0.146. The highest BCUT2D eigenvalue weighted by molar-refractivity contribution is 5.97. The number of carbonyl (C=O) groups excluding carboxylic acids is 2. The summed E-state index contributed by atoms with van der Waals surface area (Å²) >= 11 is 0. The second-order valence-electron chi connectivity index (χ2n) is 1.64. The van der Waals surface area contributed by atoms with Crippen LogP contribution in [0.5, 0.6) is 0 Å². The quantitative estimate of drug-likeness (QED) is 0.460. The van der Waals surface area contributed by atoms with Gasteiger partial charge in [0.25, 0.3) is 0 Å². The van der Waals surface area contributed by atoms with E-state index in [-0.39, 0.29) is 0 Å². The van der Waals surface area contributed by atoms with Crippen molar-refractivity contribution in [3.8, 4) is 0 Å². The maximum Gasteiger partial charge on any atom is 0.172 e. The first-order chi connectivity index (χ1) is 4.09. The van der Waals surface area contributed by atoms with E-state index >= 15 is 0 Å². The molecule has 0 heterocycles. The Morgan fingerprint density at radius 1 is 1.67 bits per heavy atom. The van der Waals surface area contributed by atoms with Crippen molar-refractivity contribution in [1.29, 1.82) is 0 Å². The maximum atomic E-state index is 11.4. The predicted octanol–water partition coefficient (Wildman–Crippen LogP) is -1.09. The van der Waals surface area contributed by atoms with Gasteiger partial charge in [-0.1, -0.05) is 6.92 Å². The van der Waals surface area contributed by atoms with Gasteiger partial charge in [0.05, 0.1) is 11.9 Å². The van der Waals surface area contributed by atoms with E-state index in [2.05, 4.69) is 0 Å². The summed E-state index contributed by atoms with van der Waals surface area (Å²) in [6.07, 6.45) is 0. The van der Waals surface area contributed by atoms with Gasteiger partial charge in [0.2, 0.25) is 0 Å². The molecule has 0 bridgehead atoms. The normalized spacial score (nSPS) is 12.7. The second kappa shape index (κ2) is 3.17. The van der Waals surface area contributed by atoms with Crippen molar-refractivity contribution in [2.75, 3.05) is 6.67 Å². The number of ketones is 1. The Morgan fingerprint density at radius 2 is 2.11 bits per heavy atom. The number of Topliss-reactive ketones (excluding diaryl/α,β-unsaturated/α-hetero) is 1. The van der Waals surface area contributed by atoms with E-state index in [0.29, 0.717) is 0 Å². The first kappa shape index (κ1) is 8.07. The fraction of sp³-hybridized carbons (Fsp3) is 0.600. The third-order valence-electron chi connectivity index (χ3n) is 0.968. The SMILES string of the molecule is CC(C(=O)[O-])C(=O)CF. The van der Waals surface area contributed by atoms with E-state index in [9.17, 15) is 19.1 Å². The van der Waals surface area contributed by atoms with Crippen LogP contribution in [-0.2, 0) is 9.59 Å². The van der Waals surface area contributed by atoms with Gasteiger partial charge in [0.15, 0.2) is 5.78 Å². The Hall–Kier alpha value is -0.930. The van der Waals surface area contributed by atoms with Crippen molar-refractivity contribution in [3.05, 3.63) is 0 Å². The zero-order chi connectivity index (χ0) is 7.44. The molecule has 9 heavy (non-hydrogen) atoms. The van der Waals surface area contributed by atoms with Crippen molar-refractivity contribution < 1.29 is 19.1 Å². The number of hydrogen-bond donors (Lipinski definition) is 0. The zero-order valence-electron chi connectivity index (χ0n) is 4.89. The van der Waals surface area contributed by atoms with Crippen molar-refractivity contribution in [2.24, 2.45) is 5.92 Å². The Bertz CT molecular complexity index is 132. The lowest BCUT2D eigenvalue weighted by Gasteiger charge is -2.06. The molecule has 0 aromatic carbocycles. The summed E-state index contributed by atoms with van der Waals surface area (Å²) in [7, 11) is 0. The van der Waals surface area contributed by atoms with Gasteiger partial charge in [-0.15, -0.1) is 0 Å². The lowest BCUT2D eigenvalue weighted by atomic mass is 10.1. The number of rotatable bonds is 3. The van der Waals surface area contributed by atoms with Crippen LogP contribution in [-0.4, -0.2) is 18.4 Å². The van der Waals surface area contributed by atoms with E-state index < -0.39 is 24.3 Å². The number of carboxylic acid groups (broad SMARTS) is 1. The summed E-state index contributed by atoms with van der Waals surface area (Å²) in [5.41, 5.74) is 0. The summed E-state index contributed by atoms with van der Waals surface area (Å²) < 4.78 is 11.4. The van der Waals surface area contributed by atoms with Crippen LogP contribution in [0.2, 0.25) is 0 Å². The van der Waals surface area contributed by atoms with Gasteiger partial charge in [-0.2, -0.15) is 0 Å². The monoisotopic (exact) mass is 133 g/mol. The second-order valence-corrected chi connectivity index (χ2v) is 1.64. The molecule has 0 aliphatic rings. The molecule has 0 N–H and O–H groups in total. The number of alkyl halides is 1. The average molecular weight is 133 g/mol. The Labute approximate surface area is 51.5 Å². The van der Waals surface area contributed by atoms with Crippen LogP contribution in [0, 0.1) is 5.92 Å². The predicted molar refractivity (Wildman–Crippen MR) is 25.2 cm³/mol. The third-order valence-corrected chi connectivity index (χ3v) is 0.968. The smallest absolute Gasteiger partial charge is 0.172 e. The van der Waals surface area contributed by atoms with Crippen LogP contribution in [0.25, 0.3) is 0 Å². The standard InChI is InChI=1S/C5H7FO3/c1-3(5(8)9)4(7)2-6/h3H,2H2,1H3,(H,8,9)/p-1. The van der Waals surface area contributed by atoms with Gasteiger partial charge >= 0.3 is 0 Å². The van der Waals surface area contributed by atoms with E-state index in [0.717, 1.165) is 6.92 Å². The molecule has 0 aliphatic heterocycles. The molecule has 52 valence electrons. The number of carboxylic acids is 1. The Morgan fingerprint density at radius 3 is 2.22 bits per heavy atom. The van der Waals surface area contributed by atoms with Crippen molar-refractivity contribution >= 4 is 11.8 Å². The summed E-state index contributed by atoms with van der Waals surface area (Å²) in [5.74, 6) is -3.80. The molecule has 0 aromatic heterocycles. The van der Waals surface area contributed by atoms with Gasteiger partial charge in [-0.25, -0.2) is 4.39 Å². The molecule has 1 unspecified atom stereocenters. The molecular formula is C5H6FO3-. The topological polar surface area (TPSA) is 57.2 Å². The number of halogens is 1. The van der Waals surface area contributed by atoms with E-state index in [1.165, 1.54) is 0 Å². The molecule has 3 nitrogen and oxygen atoms in total. The lowest BCUT2D eigenvalue weighted by Crippen LogP contribution is -2.35. The van der Waals surface area contributed by atoms with Crippen LogP contribution in [0.1, 0.15) is 6.92 Å². The number of aliphatic carboxylic acids is 1. The Kier molecular flexibility index (Phi) is 2.84. The highest BCUT2D eigenvalue weighted by Gasteiger charge is 2.12. The first-order valence-electron chi connectivity index (χ1n) is 2.39. The third kappa shape index (κ3) is 2.21. The molecule has 0 aliphatic carbocycles. The minimum atomic E-state index is -1.53. The molecule has 4 heteroatoms. The summed E-state index contributed by atoms with van der Waals surface area (Å²) in [6, 6.07) is 0. The van der Waals surface area contributed by atoms with Crippen LogP contribution in [0.4, 0.5) is 4.39 Å². The van der Waals surface area contributed by atoms with E-state index in [4.69, 9.17) is 0 Å². The molecule has 0 amide bonds. The first-order valence-corrected chi connectivity index (χ1v) is 2.39. The number of carbonyl (C=O) groups is 2. The molecule has 0 saturated heterocycles. The lowest BCUT2D eigenvalue weighted by molar-refractivity contribution is -0.309. The van der Waals surface area contributed by atoms with Gasteiger partial charge in [-0.3, -0.25) is 4.79 Å². The maximum absolute atomic E-state index is 11.4. The van der Waals surface area contributed by atoms with Gasteiger partial charge in [-0.05, 0) is 0 Å². The highest BCUT2D eigenvalue weighted by atomic mass is 19.1. The number of hydrogen-bond acceptors (Lipinski definition) is 3. The largest absolute Gasteiger partial charge is 0.549 e. The molecular weight excluding hydrogens is 127 g/mol. The van der Waals surface area contributed by atoms with Crippen LogP contribution < -0.4 is 5.11 Å². The van der Waals surface area contributed by atoms with E-state index in [1.54, 1.807) is 0 Å². The fourth-order valence-electron chi connectivity index (χ4n) is 0.247. The Balaban J connectivity index is 3.88. The zero-order valence-corrected chi connectivity index (χ0v) is 4.89. The van der Waals surface area contributed by atoms with Gasteiger partial charge in [0, 0.05) is 0 Å². The molecule has 1 atom stereocenters. The van der Waals surface area contributed by atoms with Crippen LogP contribution in [0.3, 0.4) is 0 Å². The highest BCUT2D eigenvalue weighted by Crippen LogP contribution is 1.94. The van der Waals surface area contributed by atoms with E-state index in [1.807, 2.05) is 0 Å². The molecule has 0 saturated carbocycles. The average Bonchev–Trinajstić information content (AvgIpc) is 1.84. The minimum Gasteiger partial charge on any atom is -0.549 e. The summed E-state index contributed by atoms with van der Waals surface area (Å²) in [4.78, 5) is 20.0. The van der Waals surface area contributed by atoms with Crippen LogP contribution >= 0.6 is 0 Å². The molecule has 0 rings (SSSR count). The molecule has 0 fully saturated rings. The van der Waals surface area contributed by atoms with Gasteiger partial charge in [0.1, 0.15) is 6.67 Å². The van der Waals surface area contributed by atoms with Crippen molar-refractivity contribution in [1.82, 2.24) is 0 Å².